The van der Waals surface area contributed by atoms with Crippen LogP contribution in [0.2, 0.25) is 0 Å². The van der Waals surface area contributed by atoms with E-state index in [1.54, 1.807) is 4.90 Å². The lowest BCUT2D eigenvalue weighted by molar-refractivity contribution is -0.137. The molecule has 1 aliphatic heterocycles. The van der Waals surface area contributed by atoms with Crippen LogP contribution < -0.4 is 11.1 Å². The molecular formula is C16H27N3O3. The number of hydrogen-bond acceptors (Lipinski definition) is 4. The maximum absolute atomic E-state index is 12.4. The van der Waals surface area contributed by atoms with Crippen LogP contribution in [0.3, 0.4) is 0 Å². The number of hydrogen-bond donors (Lipinski definition) is 2. The second kappa shape index (κ2) is 6.96. The molecule has 22 heavy (non-hydrogen) atoms. The van der Waals surface area contributed by atoms with Crippen molar-refractivity contribution in [3.8, 4) is 0 Å². The standard InChI is InChI=1S/C16H27N3O3/c17-15-11-2-1-3-12(15)9-13(8-11)16(21)18-10-14(20)19-4-6-22-7-5-19/h11-13,15H,1-10,17H2,(H,18,21). The first kappa shape index (κ1) is 15.7. The number of fused-ring (bicyclic) bond motifs is 2. The SMILES string of the molecule is NC1C2CCCC1CC(C(=O)NCC(=O)N1CCOCC1)C2. The topological polar surface area (TPSA) is 84.7 Å². The van der Waals surface area contributed by atoms with Gasteiger partial charge in [0, 0.05) is 25.0 Å². The Kier molecular flexibility index (Phi) is 4.98. The Morgan fingerprint density at radius 2 is 1.77 bits per heavy atom. The van der Waals surface area contributed by atoms with Crippen LogP contribution in [-0.2, 0) is 14.3 Å². The highest BCUT2D eigenvalue weighted by molar-refractivity contribution is 5.86. The van der Waals surface area contributed by atoms with Crippen LogP contribution in [0.1, 0.15) is 32.1 Å². The summed E-state index contributed by atoms with van der Waals surface area (Å²) in [4.78, 5) is 26.2. The molecule has 0 radical (unpaired) electrons. The maximum Gasteiger partial charge on any atom is 0.242 e. The fourth-order valence-electron chi connectivity index (χ4n) is 4.23. The Balaban J connectivity index is 1.47. The minimum Gasteiger partial charge on any atom is -0.378 e. The Labute approximate surface area is 131 Å². The summed E-state index contributed by atoms with van der Waals surface area (Å²) in [6, 6.07) is 0.271. The minimum absolute atomic E-state index is 0.00986. The Morgan fingerprint density at radius 3 is 2.41 bits per heavy atom. The third-order valence-corrected chi connectivity index (χ3v) is 5.56. The number of carbonyl (C=O) groups excluding carboxylic acids is 2. The maximum atomic E-state index is 12.4. The molecule has 3 fully saturated rings. The molecule has 2 aliphatic carbocycles. The summed E-state index contributed by atoms with van der Waals surface area (Å²) in [5.74, 6) is 1.03. The van der Waals surface area contributed by atoms with E-state index in [4.69, 9.17) is 10.5 Å². The second-order valence-corrected chi connectivity index (χ2v) is 6.91. The van der Waals surface area contributed by atoms with E-state index in [2.05, 4.69) is 5.32 Å². The van der Waals surface area contributed by atoms with Crippen molar-refractivity contribution in [2.24, 2.45) is 23.5 Å². The summed E-state index contributed by atoms with van der Waals surface area (Å²) < 4.78 is 5.23. The van der Waals surface area contributed by atoms with E-state index < -0.39 is 0 Å². The predicted molar refractivity (Wildman–Crippen MR) is 81.9 cm³/mol. The van der Waals surface area contributed by atoms with E-state index >= 15 is 0 Å². The minimum atomic E-state index is -0.00986. The first-order valence-corrected chi connectivity index (χ1v) is 8.54. The Morgan fingerprint density at radius 1 is 1.14 bits per heavy atom. The van der Waals surface area contributed by atoms with Crippen molar-refractivity contribution in [1.82, 2.24) is 10.2 Å². The molecule has 0 aromatic carbocycles. The first-order valence-electron chi connectivity index (χ1n) is 8.54. The number of nitrogens with one attached hydrogen (secondary N) is 1. The molecule has 1 heterocycles. The average molecular weight is 309 g/mol. The van der Waals surface area contributed by atoms with Crippen LogP contribution in [0.5, 0.6) is 0 Å². The molecule has 2 unspecified atom stereocenters. The highest BCUT2D eigenvalue weighted by atomic mass is 16.5. The molecule has 6 nitrogen and oxygen atoms in total. The van der Waals surface area contributed by atoms with E-state index in [0.29, 0.717) is 38.1 Å². The molecule has 3 aliphatic rings. The van der Waals surface area contributed by atoms with Gasteiger partial charge < -0.3 is 20.7 Å². The van der Waals surface area contributed by atoms with Crippen LogP contribution in [0, 0.1) is 17.8 Å². The van der Waals surface area contributed by atoms with Crippen molar-refractivity contribution in [2.75, 3.05) is 32.8 Å². The molecule has 2 amide bonds. The number of nitrogens with two attached hydrogens (primary N) is 1. The molecule has 0 spiro atoms. The van der Waals surface area contributed by atoms with Gasteiger partial charge in [0.1, 0.15) is 0 Å². The van der Waals surface area contributed by atoms with Crippen molar-refractivity contribution >= 4 is 11.8 Å². The van der Waals surface area contributed by atoms with Gasteiger partial charge >= 0.3 is 0 Å². The largest absolute Gasteiger partial charge is 0.378 e. The monoisotopic (exact) mass is 309 g/mol. The van der Waals surface area contributed by atoms with Gasteiger partial charge in [-0.3, -0.25) is 9.59 Å². The zero-order valence-electron chi connectivity index (χ0n) is 13.1. The summed E-state index contributed by atoms with van der Waals surface area (Å²) in [6.07, 6.45) is 5.31. The predicted octanol–water partition coefficient (Wildman–Crippen LogP) is 0.115. The molecule has 3 N–H and O–H groups in total. The quantitative estimate of drug-likeness (QED) is 0.775. The molecular weight excluding hydrogens is 282 g/mol. The summed E-state index contributed by atoms with van der Waals surface area (Å²) in [5, 5.41) is 2.84. The van der Waals surface area contributed by atoms with E-state index in [1.165, 1.54) is 6.42 Å². The van der Waals surface area contributed by atoms with E-state index in [-0.39, 0.29) is 30.3 Å². The highest BCUT2D eigenvalue weighted by Gasteiger charge is 2.40. The van der Waals surface area contributed by atoms with Gasteiger partial charge in [0.25, 0.3) is 0 Å². The van der Waals surface area contributed by atoms with E-state index in [9.17, 15) is 9.59 Å². The van der Waals surface area contributed by atoms with Gasteiger partial charge in [-0.25, -0.2) is 0 Å². The molecule has 124 valence electrons. The third kappa shape index (κ3) is 3.43. The van der Waals surface area contributed by atoms with Crippen molar-refractivity contribution in [3.63, 3.8) is 0 Å². The number of ether oxygens (including phenoxy) is 1. The van der Waals surface area contributed by atoms with Crippen molar-refractivity contribution in [1.29, 1.82) is 0 Å². The van der Waals surface area contributed by atoms with Crippen LogP contribution in [0.15, 0.2) is 0 Å². The van der Waals surface area contributed by atoms with Gasteiger partial charge in [0.2, 0.25) is 11.8 Å². The molecule has 3 rings (SSSR count). The van der Waals surface area contributed by atoms with Gasteiger partial charge in [-0.2, -0.15) is 0 Å². The molecule has 0 aromatic rings. The van der Waals surface area contributed by atoms with Gasteiger partial charge in [-0.15, -0.1) is 0 Å². The lowest BCUT2D eigenvalue weighted by Crippen LogP contribution is -2.50. The van der Waals surface area contributed by atoms with Gasteiger partial charge in [0.05, 0.1) is 19.8 Å². The number of amides is 2. The fraction of sp³-hybridized carbons (Fsp3) is 0.875. The lowest BCUT2D eigenvalue weighted by atomic mass is 9.65. The van der Waals surface area contributed by atoms with Gasteiger partial charge in [0.15, 0.2) is 0 Å². The summed E-state index contributed by atoms with van der Waals surface area (Å²) in [6.45, 7) is 2.53. The molecule has 0 aromatic heterocycles. The van der Waals surface area contributed by atoms with Crippen LogP contribution in [-0.4, -0.2) is 55.6 Å². The number of carbonyl (C=O) groups is 2. The third-order valence-electron chi connectivity index (χ3n) is 5.56. The highest BCUT2D eigenvalue weighted by Crippen LogP contribution is 2.41. The Bertz CT molecular complexity index is 409. The smallest absolute Gasteiger partial charge is 0.242 e. The second-order valence-electron chi connectivity index (χ2n) is 6.91. The van der Waals surface area contributed by atoms with E-state index in [1.807, 2.05) is 0 Å². The van der Waals surface area contributed by atoms with Crippen LogP contribution in [0.25, 0.3) is 0 Å². The average Bonchev–Trinajstić information content (AvgIpc) is 2.53. The summed E-state index contributed by atoms with van der Waals surface area (Å²) >= 11 is 0. The van der Waals surface area contributed by atoms with E-state index in [0.717, 1.165) is 25.7 Å². The van der Waals surface area contributed by atoms with Crippen molar-refractivity contribution in [2.45, 2.75) is 38.1 Å². The first-order chi connectivity index (χ1) is 10.6. The number of rotatable bonds is 3. The molecule has 2 bridgehead atoms. The van der Waals surface area contributed by atoms with Crippen LogP contribution >= 0.6 is 0 Å². The fourth-order valence-corrected chi connectivity index (χ4v) is 4.23. The normalized spacial score (nSPS) is 35.0. The van der Waals surface area contributed by atoms with Crippen molar-refractivity contribution in [3.05, 3.63) is 0 Å². The number of morpholine rings is 1. The van der Waals surface area contributed by atoms with Gasteiger partial charge in [-0.1, -0.05) is 6.42 Å². The zero-order chi connectivity index (χ0) is 15.5. The number of nitrogens with zero attached hydrogens (tertiary/aromatic N) is 1. The summed E-state index contributed by atoms with van der Waals surface area (Å²) in [5.41, 5.74) is 6.26. The Hall–Kier alpha value is -1.14. The van der Waals surface area contributed by atoms with Crippen molar-refractivity contribution < 1.29 is 14.3 Å². The molecule has 2 saturated carbocycles. The molecule has 6 heteroatoms. The lowest BCUT2D eigenvalue weighted by Gasteiger charge is -2.43. The molecule has 1 saturated heterocycles. The molecule has 2 atom stereocenters. The van der Waals surface area contributed by atoms with Crippen LogP contribution in [0.4, 0.5) is 0 Å². The van der Waals surface area contributed by atoms with Gasteiger partial charge in [-0.05, 0) is 37.5 Å². The zero-order valence-corrected chi connectivity index (χ0v) is 13.1. The summed E-state index contributed by atoms with van der Waals surface area (Å²) in [7, 11) is 0.